The summed E-state index contributed by atoms with van der Waals surface area (Å²) in [4.78, 5) is 21.1. The zero-order valence-electron chi connectivity index (χ0n) is 18.7. The minimum Gasteiger partial charge on any atom is -0.493 e. The Hall–Kier alpha value is -2.67. The molecule has 3 rings (SSSR count). The maximum Gasteiger partial charge on any atom is 0.318 e. The van der Waals surface area contributed by atoms with Gasteiger partial charge in [0.25, 0.3) is 0 Å². The Bertz CT molecular complexity index is 836. The Balaban J connectivity index is 1.62. The van der Waals surface area contributed by atoms with Gasteiger partial charge in [0.1, 0.15) is 5.75 Å². The van der Waals surface area contributed by atoms with Gasteiger partial charge in [0.2, 0.25) is 5.95 Å². The van der Waals surface area contributed by atoms with Gasteiger partial charge >= 0.3 is 6.03 Å². The van der Waals surface area contributed by atoms with Crippen molar-refractivity contribution in [3.8, 4) is 5.75 Å². The fourth-order valence-electron chi connectivity index (χ4n) is 3.63. The maximum absolute atomic E-state index is 13.6. The molecule has 2 aromatic rings. The third-order valence-electron chi connectivity index (χ3n) is 5.45. The van der Waals surface area contributed by atoms with E-state index in [9.17, 15) is 9.18 Å². The molecular formula is C24H33FN4O2. The van der Waals surface area contributed by atoms with Crippen LogP contribution < -0.4 is 10.1 Å². The molecule has 2 heterocycles. The molecule has 1 aromatic carbocycles. The monoisotopic (exact) mass is 428 g/mol. The minimum atomic E-state index is -0.527. The van der Waals surface area contributed by atoms with Gasteiger partial charge in [-0.25, -0.2) is 9.78 Å². The molecule has 7 heteroatoms. The number of aromatic nitrogens is 1. The standard InChI is InChI=1S/C24H33FN4O2/c1-18(2)17-31-22-9-7-19(8-10-22)15-26-24(30)29(21-11-13-28(3)14-12-21)16-20-5-4-6-23(25)27-20/h4-10,18,21H,11-17H2,1-3H3,(H,26,30). The van der Waals surface area contributed by atoms with E-state index < -0.39 is 5.95 Å². The lowest BCUT2D eigenvalue weighted by atomic mass is 10.0. The molecule has 1 aliphatic rings. The van der Waals surface area contributed by atoms with Crippen molar-refractivity contribution in [3.05, 3.63) is 59.7 Å². The van der Waals surface area contributed by atoms with Gasteiger partial charge in [-0.1, -0.05) is 32.0 Å². The van der Waals surface area contributed by atoms with E-state index in [4.69, 9.17) is 4.74 Å². The molecule has 0 unspecified atom stereocenters. The van der Waals surface area contributed by atoms with E-state index >= 15 is 0 Å². The van der Waals surface area contributed by atoms with Gasteiger partial charge in [0.15, 0.2) is 0 Å². The topological polar surface area (TPSA) is 57.7 Å². The van der Waals surface area contributed by atoms with Crippen molar-refractivity contribution in [2.24, 2.45) is 5.92 Å². The predicted octanol–water partition coefficient (Wildman–Crippen LogP) is 4.06. The van der Waals surface area contributed by atoms with E-state index in [1.54, 1.807) is 17.0 Å². The average molecular weight is 429 g/mol. The van der Waals surface area contributed by atoms with Crippen molar-refractivity contribution >= 4 is 6.03 Å². The lowest BCUT2D eigenvalue weighted by molar-refractivity contribution is 0.126. The number of hydrogen-bond donors (Lipinski definition) is 1. The summed E-state index contributed by atoms with van der Waals surface area (Å²) < 4.78 is 19.3. The first-order valence-electron chi connectivity index (χ1n) is 11.0. The summed E-state index contributed by atoms with van der Waals surface area (Å²) in [5.74, 6) is 0.770. The smallest absolute Gasteiger partial charge is 0.318 e. The Morgan fingerprint density at radius 2 is 1.94 bits per heavy atom. The van der Waals surface area contributed by atoms with Gasteiger partial charge in [-0.3, -0.25) is 0 Å². The molecule has 1 fully saturated rings. The van der Waals surface area contributed by atoms with Crippen LogP contribution in [0, 0.1) is 11.9 Å². The Morgan fingerprint density at radius 1 is 1.23 bits per heavy atom. The first kappa shape index (κ1) is 23.0. The highest BCUT2D eigenvalue weighted by atomic mass is 19.1. The number of nitrogens with zero attached hydrogens (tertiary/aromatic N) is 3. The summed E-state index contributed by atoms with van der Waals surface area (Å²) in [6.45, 7) is 7.48. The zero-order chi connectivity index (χ0) is 22.2. The number of carbonyl (C=O) groups is 1. The molecule has 0 atom stereocenters. The highest BCUT2D eigenvalue weighted by Crippen LogP contribution is 2.19. The molecule has 1 N–H and O–H groups in total. The number of rotatable bonds is 8. The van der Waals surface area contributed by atoms with E-state index in [1.165, 1.54) is 6.07 Å². The van der Waals surface area contributed by atoms with Gasteiger partial charge < -0.3 is 19.9 Å². The number of nitrogens with one attached hydrogen (secondary N) is 1. The number of piperidine rings is 1. The van der Waals surface area contributed by atoms with Gasteiger partial charge in [-0.05, 0) is 68.7 Å². The first-order valence-corrected chi connectivity index (χ1v) is 11.0. The molecule has 1 aromatic heterocycles. The molecular weight excluding hydrogens is 395 g/mol. The summed E-state index contributed by atoms with van der Waals surface area (Å²) in [5.41, 5.74) is 1.55. The molecule has 1 saturated heterocycles. The van der Waals surface area contributed by atoms with Crippen LogP contribution in [0.15, 0.2) is 42.5 Å². The van der Waals surface area contributed by atoms with Crippen molar-refractivity contribution < 1.29 is 13.9 Å². The number of halogens is 1. The van der Waals surface area contributed by atoms with E-state index in [0.717, 1.165) is 37.2 Å². The minimum absolute atomic E-state index is 0.105. The van der Waals surface area contributed by atoms with Crippen LogP contribution in [0.5, 0.6) is 5.75 Å². The van der Waals surface area contributed by atoms with E-state index in [-0.39, 0.29) is 12.1 Å². The molecule has 1 aliphatic heterocycles. The SMILES string of the molecule is CC(C)COc1ccc(CNC(=O)N(Cc2cccc(F)n2)C2CCN(C)CC2)cc1. The van der Waals surface area contributed by atoms with Crippen molar-refractivity contribution in [2.45, 2.75) is 45.8 Å². The number of ether oxygens (including phenoxy) is 1. The largest absolute Gasteiger partial charge is 0.493 e. The molecule has 6 nitrogen and oxygen atoms in total. The van der Waals surface area contributed by atoms with Crippen molar-refractivity contribution in [1.29, 1.82) is 0 Å². The number of pyridine rings is 1. The lowest BCUT2D eigenvalue weighted by Crippen LogP contribution is -2.49. The van der Waals surface area contributed by atoms with Crippen LogP contribution in [0.25, 0.3) is 0 Å². The fourth-order valence-corrected chi connectivity index (χ4v) is 3.63. The van der Waals surface area contributed by atoms with Gasteiger partial charge in [0.05, 0.1) is 18.8 Å². The van der Waals surface area contributed by atoms with Crippen LogP contribution in [-0.4, -0.2) is 53.6 Å². The highest BCUT2D eigenvalue weighted by molar-refractivity contribution is 5.74. The Kier molecular flexibility index (Phi) is 8.23. The van der Waals surface area contributed by atoms with Crippen LogP contribution in [-0.2, 0) is 13.1 Å². The quantitative estimate of drug-likeness (QED) is 0.644. The third kappa shape index (κ3) is 7.21. The summed E-state index contributed by atoms with van der Waals surface area (Å²) in [6.07, 6.45) is 1.78. The van der Waals surface area contributed by atoms with Crippen LogP contribution in [0.4, 0.5) is 9.18 Å². The second-order valence-corrected chi connectivity index (χ2v) is 8.62. The molecule has 0 aliphatic carbocycles. The van der Waals surface area contributed by atoms with Crippen molar-refractivity contribution in [3.63, 3.8) is 0 Å². The molecule has 168 valence electrons. The number of benzene rings is 1. The first-order chi connectivity index (χ1) is 14.9. The summed E-state index contributed by atoms with van der Waals surface area (Å²) in [5, 5.41) is 3.02. The van der Waals surface area contributed by atoms with E-state index in [1.807, 2.05) is 24.3 Å². The summed E-state index contributed by atoms with van der Waals surface area (Å²) in [7, 11) is 2.09. The zero-order valence-corrected chi connectivity index (χ0v) is 18.7. The highest BCUT2D eigenvalue weighted by Gasteiger charge is 2.27. The predicted molar refractivity (Wildman–Crippen MR) is 119 cm³/mol. The average Bonchev–Trinajstić information content (AvgIpc) is 2.76. The summed E-state index contributed by atoms with van der Waals surface area (Å²) >= 11 is 0. The molecule has 0 bridgehead atoms. The Labute approximate surface area is 184 Å². The van der Waals surface area contributed by atoms with Gasteiger partial charge in [-0.2, -0.15) is 4.39 Å². The molecule has 0 spiro atoms. The number of hydrogen-bond acceptors (Lipinski definition) is 4. The normalized spacial score (nSPS) is 15.1. The van der Waals surface area contributed by atoms with Crippen LogP contribution in [0.2, 0.25) is 0 Å². The molecule has 0 saturated carbocycles. The van der Waals surface area contributed by atoms with Crippen LogP contribution in [0.3, 0.4) is 0 Å². The number of urea groups is 1. The second kappa shape index (κ2) is 11.1. The van der Waals surface area contributed by atoms with Crippen molar-refractivity contribution in [1.82, 2.24) is 20.1 Å². The molecule has 0 radical (unpaired) electrons. The van der Waals surface area contributed by atoms with Crippen LogP contribution in [0.1, 0.15) is 37.9 Å². The van der Waals surface area contributed by atoms with E-state index in [2.05, 4.69) is 36.1 Å². The molecule has 2 amide bonds. The van der Waals surface area contributed by atoms with Crippen molar-refractivity contribution in [2.75, 3.05) is 26.7 Å². The fraction of sp³-hybridized carbons (Fsp3) is 0.500. The Morgan fingerprint density at radius 3 is 2.58 bits per heavy atom. The number of likely N-dealkylation sites (tertiary alicyclic amines) is 1. The summed E-state index contributed by atoms with van der Waals surface area (Å²) in [6, 6.07) is 12.4. The van der Waals surface area contributed by atoms with E-state index in [0.29, 0.717) is 31.3 Å². The molecule has 31 heavy (non-hydrogen) atoms. The maximum atomic E-state index is 13.6. The number of carbonyl (C=O) groups excluding carboxylic acids is 1. The number of amides is 2. The third-order valence-corrected chi connectivity index (χ3v) is 5.45. The second-order valence-electron chi connectivity index (χ2n) is 8.62. The van der Waals surface area contributed by atoms with Gasteiger partial charge in [0, 0.05) is 12.6 Å². The van der Waals surface area contributed by atoms with Gasteiger partial charge in [-0.15, -0.1) is 0 Å². The van der Waals surface area contributed by atoms with Crippen LogP contribution >= 0.6 is 0 Å². The lowest BCUT2D eigenvalue weighted by Gasteiger charge is -2.37.